The van der Waals surface area contributed by atoms with Gasteiger partial charge in [0.25, 0.3) is 0 Å². The third kappa shape index (κ3) is 2.27. The summed E-state index contributed by atoms with van der Waals surface area (Å²) < 4.78 is 0. The molecule has 4 heteroatoms. The second-order valence-electron chi connectivity index (χ2n) is 3.14. The molecule has 0 amide bonds. The Morgan fingerprint density at radius 2 is 2.62 bits per heavy atom. The average Bonchev–Trinajstić information content (AvgIpc) is 2.76. The zero-order chi connectivity index (χ0) is 9.10. The third-order valence-corrected chi connectivity index (χ3v) is 3.11. The third-order valence-electron chi connectivity index (χ3n) is 2.07. The minimum absolute atomic E-state index is 0.844. The van der Waals surface area contributed by atoms with E-state index in [1.165, 1.54) is 5.01 Å². The van der Waals surface area contributed by atoms with Crippen LogP contribution in [0, 0.1) is 0 Å². The maximum Gasteiger partial charge on any atom is 0.0926 e. The lowest BCUT2D eigenvalue weighted by molar-refractivity contribution is -0.117. The Morgan fingerprint density at radius 3 is 3.23 bits per heavy atom. The van der Waals surface area contributed by atoms with E-state index in [0.717, 1.165) is 38.2 Å². The minimum Gasteiger partial charge on any atom is -0.299 e. The fraction of sp³-hybridized carbons (Fsp3) is 0.667. The van der Waals surface area contributed by atoms with Crippen molar-refractivity contribution in [1.29, 1.82) is 0 Å². The van der Waals surface area contributed by atoms with E-state index in [1.54, 1.807) is 11.3 Å². The van der Waals surface area contributed by atoms with Gasteiger partial charge in [0.1, 0.15) is 0 Å². The van der Waals surface area contributed by atoms with Crippen molar-refractivity contribution in [2.75, 3.05) is 13.2 Å². The lowest BCUT2D eigenvalue weighted by Crippen LogP contribution is -2.17. The number of hydrogen-bond donors (Lipinski definition) is 0. The van der Waals surface area contributed by atoms with E-state index in [9.17, 15) is 0 Å². The smallest absolute Gasteiger partial charge is 0.0926 e. The number of rotatable bonds is 3. The zero-order valence-electron chi connectivity index (χ0n) is 7.82. The topological polar surface area (TPSA) is 25.4 Å². The van der Waals surface area contributed by atoms with Crippen LogP contribution >= 0.6 is 11.3 Å². The highest BCUT2D eigenvalue weighted by molar-refractivity contribution is 7.09. The molecule has 2 rings (SSSR count). The van der Waals surface area contributed by atoms with Crippen molar-refractivity contribution in [3.05, 3.63) is 16.1 Å². The summed E-state index contributed by atoms with van der Waals surface area (Å²) in [5, 5.41) is 5.34. The summed E-state index contributed by atoms with van der Waals surface area (Å²) in [5.41, 5.74) is 1.14. The second kappa shape index (κ2) is 4.17. The highest BCUT2D eigenvalue weighted by atomic mass is 32.1. The first-order chi connectivity index (χ1) is 6.38. The molecule has 0 aliphatic carbocycles. The van der Waals surface area contributed by atoms with Crippen molar-refractivity contribution < 1.29 is 4.84 Å². The standard InChI is InChI=1S/C9H14N2OS/c1-2-9-10-8(7-13-9)6-11-4-3-5-12-11/h7H,2-6H2,1H3. The predicted molar refractivity (Wildman–Crippen MR) is 52.5 cm³/mol. The Balaban J connectivity index is 1.92. The van der Waals surface area contributed by atoms with Crippen LogP contribution < -0.4 is 0 Å². The zero-order valence-corrected chi connectivity index (χ0v) is 8.64. The maximum atomic E-state index is 5.40. The van der Waals surface area contributed by atoms with Crippen molar-refractivity contribution in [1.82, 2.24) is 10.0 Å². The summed E-state index contributed by atoms with van der Waals surface area (Å²) in [5.74, 6) is 0. The summed E-state index contributed by atoms with van der Waals surface area (Å²) in [7, 11) is 0. The van der Waals surface area contributed by atoms with Gasteiger partial charge in [0.05, 0.1) is 23.9 Å². The molecule has 0 bridgehead atoms. The van der Waals surface area contributed by atoms with Crippen molar-refractivity contribution in [2.24, 2.45) is 0 Å². The van der Waals surface area contributed by atoms with Crippen LogP contribution in [-0.2, 0) is 17.8 Å². The van der Waals surface area contributed by atoms with Crippen LogP contribution in [0.3, 0.4) is 0 Å². The summed E-state index contributed by atoms with van der Waals surface area (Å²) in [6.45, 7) is 4.88. The molecule has 13 heavy (non-hydrogen) atoms. The molecule has 0 aromatic carbocycles. The number of aryl methyl sites for hydroxylation is 1. The van der Waals surface area contributed by atoms with Gasteiger partial charge in [0.15, 0.2) is 0 Å². The van der Waals surface area contributed by atoms with Gasteiger partial charge in [-0.1, -0.05) is 6.92 Å². The first kappa shape index (κ1) is 9.12. The summed E-state index contributed by atoms with van der Waals surface area (Å²) in [6.07, 6.45) is 2.18. The van der Waals surface area contributed by atoms with Crippen molar-refractivity contribution in [2.45, 2.75) is 26.3 Å². The van der Waals surface area contributed by atoms with Crippen LogP contribution in [0.1, 0.15) is 24.0 Å². The molecule has 72 valence electrons. The monoisotopic (exact) mass is 198 g/mol. The SMILES string of the molecule is CCc1nc(CN2CCCO2)cs1. The van der Waals surface area contributed by atoms with Gasteiger partial charge >= 0.3 is 0 Å². The molecule has 0 radical (unpaired) electrons. The molecule has 1 aliphatic rings. The van der Waals surface area contributed by atoms with Crippen molar-refractivity contribution in [3.63, 3.8) is 0 Å². The highest BCUT2D eigenvalue weighted by Gasteiger charge is 2.13. The highest BCUT2D eigenvalue weighted by Crippen LogP contribution is 2.14. The van der Waals surface area contributed by atoms with Crippen LogP contribution in [0.15, 0.2) is 5.38 Å². The van der Waals surface area contributed by atoms with Gasteiger partial charge in [-0.2, -0.15) is 5.06 Å². The first-order valence-electron chi connectivity index (χ1n) is 4.69. The fourth-order valence-corrected chi connectivity index (χ4v) is 2.12. The first-order valence-corrected chi connectivity index (χ1v) is 5.57. The lowest BCUT2D eigenvalue weighted by atomic mass is 10.4. The summed E-state index contributed by atoms with van der Waals surface area (Å²) in [6, 6.07) is 0. The molecule has 3 nitrogen and oxygen atoms in total. The molecule has 0 N–H and O–H groups in total. The Labute approximate surface area is 82.3 Å². The number of thiazole rings is 1. The van der Waals surface area contributed by atoms with Gasteiger partial charge in [0.2, 0.25) is 0 Å². The number of hydrogen-bond acceptors (Lipinski definition) is 4. The van der Waals surface area contributed by atoms with Crippen molar-refractivity contribution >= 4 is 11.3 Å². The Hall–Kier alpha value is -0.450. The second-order valence-corrected chi connectivity index (χ2v) is 4.08. The van der Waals surface area contributed by atoms with E-state index in [1.807, 2.05) is 5.06 Å². The van der Waals surface area contributed by atoms with Crippen LogP contribution in [0.25, 0.3) is 0 Å². The van der Waals surface area contributed by atoms with Crippen molar-refractivity contribution in [3.8, 4) is 0 Å². The lowest BCUT2D eigenvalue weighted by Gasteiger charge is -2.10. The normalized spacial score (nSPS) is 18.2. The van der Waals surface area contributed by atoms with Crippen LogP contribution in [0.5, 0.6) is 0 Å². The van der Waals surface area contributed by atoms with Crippen LogP contribution in [0.4, 0.5) is 0 Å². The number of aromatic nitrogens is 1. The van der Waals surface area contributed by atoms with Gasteiger partial charge in [0, 0.05) is 11.9 Å². The summed E-state index contributed by atoms with van der Waals surface area (Å²) in [4.78, 5) is 9.89. The van der Waals surface area contributed by atoms with E-state index in [-0.39, 0.29) is 0 Å². The molecular formula is C9H14N2OS. The minimum atomic E-state index is 0.844. The Morgan fingerprint density at radius 1 is 1.69 bits per heavy atom. The van der Waals surface area contributed by atoms with Gasteiger partial charge < -0.3 is 0 Å². The molecule has 1 saturated heterocycles. The molecular weight excluding hydrogens is 184 g/mol. The molecule has 1 aromatic rings. The molecule has 0 saturated carbocycles. The molecule has 0 atom stereocenters. The Bertz CT molecular complexity index is 268. The van der Waals surface area contributed by atoms with E-state index in [2.05, 4.69) is 17.3 Å². The van der Waals surface area contributed by atoms with E-state index in [0.29, 0.717) is 0 Å². The van der Waals surface area contributed by atoms with Crippen LogP contribution in [0.2, 0.25) is 0 Å². The maximum absolute atomic E-state index is 5.40. The quantitative estimate of drug-likeness (QED) is 0.741. The number of hydroxylamine groups is 2. The molecule has 1 aromatic heterocycles. The summed E-state index contributed by atoms with van der Waals surface area (Å²) >= 11 is 1.74. The van der Waals surface area contributed by atoms with Crippen LogP contribution in [-0.4, -0.2) is 23.2 Å². The van der Waals surface area contributed by atoms with Gasteiger partial charge in [-0.25, -0.2) is 4.98 Å². The molecule has 1 aliphatic heterocycles. The molecule has 2 heterocycles. The predicted octanol–water partition coefficient (Wildman–Crippen LogP) is 1.84. The van der Waals surface area contributed by atoms with E-state index >= 15 is 0 Å². The van der Waals surface area contributed by atoms with E-state index in [4.69, 9.17) is 4.84 Å². The Kier molecular flexibility index (Phi) is 2.93. The number of nitrogens with zero attached hydrogens (tertiary/aromatic N) is 2. The molecule has 0 unspecified atom stereocenters. The van der Waals surface area contributed by atoms with Gasteiger partial charge in [-0.05, 0) is 12.8 Å². The van der Waals surface area contributed by atoms with E-state index < -0.39 is 0 Å². The molecule has 1 fully saturated rings. The largest absolute Gasteiger partial charge is 0.299 e. The average molecular weight is 198 g/mol. The van der Waals surface area contributed by atoms with Gasteiger partial charge in [-0.15, -0.1) is 11.3 Å². The van der Waals surface area contributed by atoms with Gasteiger partial charge in [-0.3, -0.25) is 4.84 Å². The fourth-order valence-electron chi connectivity index (χ4n) is 1.39. The molecule has 0 spiro atoms.